The molecule has 0 aliphatic heterocycles. The first-order chi connectivity index (χ1) is 8.92. The molecule has 0 spiro atoms. The minimum atomic E-state index is -4.22. The Hall–Kier alpha value is -1.78. The fourth-order valence-electron chi connectivity index (χ4n) is 2.30. The standard InChI is InChI=1S/C14H11F4N/c15-10-3-1-9(2-4-10)11-5-6-12(19-11)13(7-8-13)14(16,17)18/h1-6,19H,7-8H2. The summed E-state index contributed by atoms with van der Waals surface area (Å²) in [6.07, 6.45) is -3.97. The molecule has 1 heterocycles. The van der Waals surface area contributed by atoms with Crippen molar-refractivity contribution in [2.45, 2.75) is 24.4 Å². The third-order valence-corrected chi connectivity index (χ3v) is 3.65. The Morgan fingerprint density at radius 3 is 2.11 bits per heavy atom. The Morgan fingerprint density at radius 2 is 1.58 bits per heavy atom. The number of aromatic amines is 1. The maximum Gasteiger partial charge on any atom is 0.399 e. The Morgan fingerprint density at radius 1 is 0.947 bits per heavy atom. The van der Waals surface area contributed by atoms with Gasteiger partial charge < -0.3 is 4.98 Å². The molecule has 2 aromatic rings. The summed E-state index contributed by atoms with van der Waals surface area (Å²) in [5, 5.41) is 0. The van der Waals surface area contributed by atoms with E-state index in [0.717, 1.165) is 0 Å². The lowest BCUT2D eigenvalue weighted by atomic mass is 10.0. The van der Waals surface area contributed by atoms with E-state index in [1.54, 1.807) is 6.07 Å². The lowest BCUT2D eigenvalue weighted by Gasteiger charge is -2.17. The van der Waals surface area contributed by atoms with Crippen molar-refractivity contribution in [3.8, 4) is 11.3 Å². The average molecular weight is 269 g/mol. The molecule has 1 aliphatic carbocycles. The van der Waals surface area contributed by atoms with Gasteiger partial charge in [-0.15, -0.1) is 0 Å². The highest BCUT2D eigenvalue weighted by molar-refractivity contribution is 5.60. The molecule has 1 nitrogen and oxygen atoms in total. The molecule has 0 bridgehead atoms. The highest BCUT2D eigenvalue weighted by Crippen LogP contribution is 2.58. The lowest BCUT2D eigenvalue weighted by Crippen LogP contribution is -2.28. The van der Waals surface area contributed by atoms with Crippen LogP contribution in [-0.2, 0) is 5.41 Å². The van der Waals surface area contributed by atoms with Gasteiger partial charge in [0.2, 0.25) is 0 Å². The van der Waals surface area contributed by atoms with Crippen molar-refractivity contribution in [1.29, 1.82) is 0 Å². The third kappa shape index (κ3) is 1.93. The molecule has 0 atom stereocenters. The first kappa shape index (κ1) is 12.3. The SMILES string of the molecule is Fc1ccc(-c2ccc(C3(C(F)(F)F)CC3)[nH]2)cc1. The van der Waals surface area contributed by atoms with Crippen molar-refractivity contribution < 1.29 is 17.6 Å². The van der Waals surface area contributed by atoms with Crippen LogP contribution < -0.4 is 0 Å². The van der Waals surface area contributed by atoms with Crippen molar-refractivity contribution in [1.82, 2.24) is 4.98 Å². The second-order valence-corrected chi connectivity index (χ2v) is 4.87. The zero-order valence-electron chi connectivity index (χ0n) is 9.89. The van der Waals surface area contributed by atoms with E-state index in [2.05, 4.69) is 4.98 Å². The Bertz CT molecular complexity index is 591. The summed E-state index contributed by atoms with van der Waals surface area (Å²) in [7, 11) is 0. The van der Waals surface area contributed by atoms with Crippen molar-refractivity contribution >= 4 is 0 Å². The molecule has 1 saturated carbocycles. The molecule has 1 fully saturated rings. The smallest absolute Gasteiger partial charge is 0.358 e. The van der Waals surface area contributed by atoms with Crippen LogP contribution in [-0.4, -0.2) is 11.2 Å². The van der Waals surface area contributed by atoms with Crippen molar-refractivity contribution in [2.24, 2.45) is 0 Å². The second kappa shape index (κ2) is 3.85. The van der Waals surface area contributed by atoms with E-state index in [1.165, 1.54) is 30.3 Å². The number of benzene rings is 1. The van der Waals surface area contributed by atoms with Gasteiger partial charge in [-0.1, -0.05) is 0 Å². The van der Waals surface area contributed by atoms with Crippen LogP contribution in [0, 0.1) is 5.82 Å². The van der Waals surface area contributed by atoms with Crippen LogP contribution in [0.1, 0.15) is 18.5 Å². The van der Waals surface area contributed by atoms with Gasteiger partial charge in [0.25, 0.3) is 0 Å². The number of hydrogen-bond donors (Lipinski definition) is 1. The molecule has 100 valence electrons. The molecule has 1 aromatic carbocycles. The number of nitrogens with one attached hydrogen (secondary N) is 1. The summed E-state index contributed by atoms with van der Waals surface area (Å²) in [5.41, 5.74) is -0.263. The van der Waals surface area contributed by atoms with Crippen LogP contribution in [0.15, 0.2) is 36.4 Å². The first-order valence-corrected chi connectivity index (χ1v) is 5.95. The summed E-state index contributed by atoms with van der Waals surface area (Å²) in [4.78, 5) is 2.82. The van der Waals surface area contributed by atoms with Gasteiger partial charge in [0.1, 0.15) is 11.2 Å². The summed E-state index contributed by atoms with van der Waals surface area (Å²) in [6.45, 7) is 0. The zero-order valence-corrected chi connectivity index (χ0v) is 9.89. The molecule has 0 unspecified atom stereocenters. The molecule has 1 aromatic heterocycles. The van der Waals surface area contributed by atoms with Gasteiger partial charge in [-0.25, -0.2) is 4.39 Å². The Kier molecular flexibility index (Phi) is 2.49. The topological polar surface area (TPSA) is 15.8 Å². The number of hydrogen-bond acceptors (Lipinski definition) is 0. The van der Waals surface area contributed by atoms with E-state index in [1.807, 2.05) is 0 Å². The van der Waals surface area contributed by atoms with Gasteiger partial charge in [-0.05, 0) is 54.8 Å². The van der Waals surface area contributed by atoms with Gasteiger partial charge in [-0.3, -0.25) is 0 Å². The molecule has 1 aliphatic rings. The van der Waals surface area contributed by atoms with Crippen molar-refractivity contribution in [3.05, 3.63) is 47.9 Å². The summed E-state index contributed by atoms with van der Waals surface area (Å²) >= 11 is 0. The van der Waals surface area contributed by atoms with E-state index < -0.39 is 11.6 Å². The number of halogens is 4. The number of H-pyrrole nitrogens is 1. The van der Waals surface area contributed by atoms with Gasteiger partial charge in [0.05, 0.1) is 0 Å². The summed E-state index contributed by atoms with van der Waals surface area (Å²) in [6, 6.07) is 8.72. The van der Waals surface area contributed by atoms with Crippen LogP contribution in [0.5, 0.6) is 0 Å². The largest absolute Gasteiger partial charge is 0.399 e. The molecule has 3 rings (SSSR count). The normalized spacial score (nSPS) is 17.5. The molecule has 19 heavy (non-hydrogen) atoms. The molecule has 0 saturated heterocycles. The first-order valence-electron chi connectivity index (χ1n) is 5.95. The van der Waals surface area contributed by atoms with E-state index in [-0.39, 0.29) is 24.4 Å². The highest BCUT2D eigenvalue weighted by Gasteiger charge is 2.65. The molecule has 1 N–H and O–H groups in total. The molecular formula is C14H11F4N. The monoisotopic (exact) mass is 269 g/mol. The molecular weight excluding hydrogens is 258 g/mol. The van der Waals surface area contributed by atoms with Crippen LogP contribution >= 0.6 is 0 Å². The Labute approximate surface area is 107 Å². The predicted octanol–water partition coefficient (Wildman–Crippen LogP) is 4.41. The van der Waals surface area contributed by atoms with E-state index in [0.29, 0.717) is 11.3 Å². The molecule has 0 radical (unpaired) electrons. The Balaban J connectivity index is 1.94. The fourth-order valence-corrected chi connectivity index (χ4v) is 2.30. The summed E-state index contributed by atoms with van der Waals surface area (Å²) in [5.74, 6) is -0.371. The lowest BCUT2D eigenvalue weighted by molar-refractivity contribution is -0.161. The van der Waals surface area contributed by atoms with Crippen molar-refractivity contribution in [3.63, 3.8) is 0 Å². The number of aromatic nitrogens is 1. The van der Waals surface area contributed by atoms with Crippen LogP contribution in [0.25, 0.3) is 11.3 Å². The quantitative estimate of drug-likeness (QED) is 0.777. The minimum Gasteiger partial charge on any atom is -0.358 e. The van der Waals surface area contributed by atoms with Gasteiger partial charge in [-0.2, -0.15) is 13.2 Å². The zero-order chi connectivity index (χ0) is 13.7. The van der Waals surface area contributed by atoms with E-state index >= 15 is 0 Å². The van der Waals surface area contributed by atoms with Crippen molar-refractivity contribution in [2.75, 3.05) is 0 Å². The van der Waals surface area contributed by atoms with Crippen LogP contribution in [0.2, 0.25) is 0 Å². The maximum absolute atomic E-state index is 13.0. The fraction of sp³-hybridized carbons (Fsp3) is 0.286. The third-order valence-electron chi connectivity index (χ3n) is 3.65. The van der Waals surface area contributed by atoms with Gasteiger partial charge >= 0.3 is 6.18 Å². The predicted molar refractivity (Wildman–Crippen MR) is 63.2 cm³/mol. The summed E-state index contributed by atoms with van der Waals surface area (Å²) < 4.78 is 51.7. The average Bonchev–Trinajstić information content (AvgIpc) is 3.03. The van der Waals surface area contributed by atoms with Gasteiger partial charge in [0.15, 0.2) is 0 Å². The van der Waals surface area contributed by atoms with E-state index in [4.69, 9.17) is 0 Å². The highest BCUT2D eigenvalue weighted by atomic mass is 19.4. The number of alkyl halides is 3. The number of rotatable bonds is 2. The van der Waals surface area contributed by atoms with Crippen LogP contribution in [0.3, 0.4) is 0 Å². The molecule has 0 amide bonds. The molecule has 5 heteroatoms. The van der Waals surface area contributed by atoms with Crippen LogP contribution in [0.4, 0.5) is 17.6 Å². The minimum absolute atomic E-state index is 0.125. The second-order valence-electron chi connectivity index (χ2n) is 4.87. The maximum atomic E-state index is 13.0. The van der Waals surface area contributed by atoms with E-state index in [9.17, 15) is 17.6 Å². The van der Waals surface area contributed by atoms with Gasteiger partial charge in [0, 0.05) is 11.4 Å².